The molecule has 0 bridgehead atoms. The predicted octanol–water partition coefficient (Wildman–Crippen LogP) is 7.42. The van der Waals surface area contributed by atoms with Crippen molar-refractivity contribution in [2.75, 3.05) is 78.9 Å². The number of nitrogens with one attached hydrogen (secondary N) is 3. The molecule has 17 heteroatoms. The molecule has 17 nitrogen and oxygen atoms in total. The average Bonchev–Trinajstić information content (AvgIpc) is 3.39. The minimum atomic E-state index is -1.17. The van der Waals surface area contributed by atoms with Crippen LogP contribution in [0.4, 0.5) is 28.1 Å². The maximum atomic E-state index is 14.0. The van der Waals surface area contributed by atoms with E-state index in [0.29, 0.717) is 112 Å². The lowest BCUT2D eigenvalue weighted by Crippen LogP contribution is -2.50. The van der Waals surface area contributed by atoms with Crippen LogP contribution in [0.5, 0.6) is 0 Å². The number of piperidine rings is 2. The summed E-state index contributed by atoms with van der Waals surface area (Å²) < 4.78 is 5.63. The van der Waals surface area contributed by atoms with Gasteiger partial charge in [-0.25, -0.2) is 14.8 Å². The zero-order chi connectivity index (χ0) is 49.0. The molecule has 70 heavy (non-hydrogen) atoms. The SMILES string of the molecule is CCCNc1nc(N2CCC[C@@H](C(C(=O)O)C(C(=O)O)[C@@H]3CCCN(c4ccc(C(=O)NC5CCCCC5)c(N5CCN(C(=O)OCc6ccccc6)CC5)n4)C3)C2)ccc1C(=O)NC1CCCCC1. The number of benzene rings is 1. The highest BCUT2D eigenvalue weighted by Crippen LogP contribution is 2.39. The number of pyridine rings is 2. The van der Waals surface area contributed by atoms with Crippen LogP contribution in [-0.4, -0.2) is 126 Å². The Bertz CT molecular complexity index is 2260. The molecule has 378 valence electrons. The van der Waals surface area contributed by atoms with Gasteiger partial charge in [0, 0.05) is 71.0 Å². The number of hydrogen-bond acceptors (Lipinski definition) is 12. The summed E-state index contributed by atoms with van der Waals surface area (Å²) >= 11 is 0. The number of carbonyl (C=O) groups is 5. The Morgan fingerprint density at radius 3 is 1.69 bits per heavy atom. The van der Waals surface area contributed by atoms with E-state index in [1.807, 2.05) is 64.1 Å². The van der Waals surface area contributed by atoms with E-state index in [2.05, 4.69) is 16.0 Å². The van der Waals surface area contributed by atoms with E-state index in [0.717, 1.165) is 69.8 Å². The number of carbonyl (C=O) groups excluding carboxylic acids is 3. The third-order valence-electron chi connectivity index (χ3n) is 15.2. The molecule has 5 aliphatic rings. The third-order valence-corrected chi connectivity index (χ3v) is 15.2. The fourth-order valence-corrected chi connectivity index (χ4v) is 11.5. The number of amides is 3. The van der Waals surface area contributed by atoms with Crippen molar-refractivity contribution in [3.05, 3.63) is 71.3 Å². The number of carboxylic acids is 2. The van der Waals surface area contributed by atoms with Gasteiger partial charge in [-0.1, -0.05) is 75.8 Å². The summed E-state index contributed by atoms with van der Waals surface area (Å²) in [5.41, 5.74) is 1.82. The van der Waals surface area contributed by atoms with Crippen LogP contribution in [0.25, 0.3) is 0 Å². The van der Waals surface area contributed by atoms with Crippen LogP contribution in [0.1, 0.15) is 130 Å². The summed E-state index contributed by atoms with van der Waals surface area (Å²) in [5.74, 6) is -3.67. The molecule has 3 aromatic rings. The van der Waals surface area contributed by atoms with Crippen LogP contribution in [0.15, 0.2) is 54.6 Å². The molecule has 5 fully saturated rings. The van der Waals surface area contributed by atoms with Crippen molar-refractivity contribution < 1.29 is 38.9 Å². The number of carboxylic acid groups (broad SMARTS) is 2. The highest BCUT2D eigenvalue weighted by Gasteiger charge is 2.46. The summed E-state index contributed by atoms with van der Waals surface area (Å²) in [6.07, 6.45) is 13.3. The van der Waals surface area contributed by atoms with Gasteiger partial charge >= 0.3 is 18.0 Å². The minimum absolute atomic E-state index is 0.0836. The van der Waals surface area contributed by atoms with Gasteiger partial charge in [0.05, 0.1) is 23.0 Å². The molecule has 3 amide bonds. The molecule has 2 aromatic heterocycles. The lowest BCUT2D eigenvalue weighted by atomic mass is 9.70. The van der Waals surface area contributed by atoms with Gasteiger partial charge in [0.25, 0.3) is 11.8 Å². The van der Waals surface area contributed by atoms with Crippen LogP contribution >= 0.6 is 0 Å². The van der Waals surface area contributed by atoms with Crippen molar-refractivity contribution in [1.82, 2.24) is 25.5 Å². The lowest BCUT2D eigenvalue weighted by molar-refractivity contribution is -0.159. The number of anilines is 4. The number of aromatic nitrogens is 2. The molecule has 5 N–H and O–H groups in total. The first-order chi connectivity index (χ1) is 34.1. The van der Waals surface area contributed by atoms with Gasteiger partial charge in [-0.05, 0) is 99.5 Å². The van der Waals surface area contributed by atoms with E-state index in [1.54, 1.807) is 17.0 Å². The predicted molar refractivity (Wildman–Crippen MR) is 268 cm³/mol. The van der Waals surface area contributed by atoms with Crippen molar-refractivity contribution in [3.8, 4) is 0 Å². The molecule has 8 rings (SSSR count). The summed E-state index contributed by atoms with van der Waals surface area (Å²) in [6.45, 7) is 6.28. The fourth-order valence-electron chi connectivity index (χ4n) is 11.5. The van der Waals surface area contributed by atoms with Crippen molar-refractivity contribution in [3.63, 3.8) is 0 Å². The number of hydrogen-bond donors (Lipinski definition) is 5. The Kier molecular flexibility index (Phi) is 17.3. The van der Waals surface area contributed by atoms with Crippen LogP contribution in [0, 0.1) is 23.7 Å². The molecule has 2 unspecified atom stereocenters. The van der Waals surface area contributed by atoms with Crippen molar-refractivity contribution >= 4 is 53.1 Å². The van der Waals surface area contributed by atoms with E-state index in [9.17, 15) is 34.2 Å². The summed E-state index contributed by atoms with van der Waals surface area (Å²) in [5, 5.41) is 31.7. The standard InChI is InChI=1S/C53H73N9O8/c1-2-26-54-47-41(49(63)55-39-18-8-4-9-19-39)22-24-43(57-47)61-27-12-16-37(33-61)45(51(65)66)46(52(67)68)38-17-13-28-62(34-38)44-25-23-42(50(64)56-40-20-10-5-11-21-40)48(58-44)59-29-31-60(32-30-59)53(69)70-35-36-14-6-3-7-15-36/h3,6-7,14-15,22-25,37-40,45-46H,2,4-5,8-13,16-21,26-35H2,1H3,(H,54,57)(H,55,63)(H,56,64)(H,65,66)(H,67,68)/t37-,38-,45?,46?/m1/s1. The van der Waals surface area contributed by atoms with Crippen molar-refractivity contribution in [2.45, 2.75) is 122 Å². The Hall–Kier alpha value is -6.13. The molecule has 0 spiro atoms. The smallest absolute Gasteiger partial charge is 0.410 e. The second kappa shape index (κ2) is 24.1. The van der Waals surface area contributed by atoms with Gasteiger partial charge in [-0.3, -0.25) is 19.2 Å². The van der Waals surface area contributed by atoms with E-state index in [-0.39, 0.29) is 37.0 Å². The Balaban J connectivity index is 0.980. The Morgan fingerprint density at radius 2 is 1.14 bits per heavy atom. The summed E-state index contributed by atoms with van der Waals surface area (Å²) in [4.78, 5) is 85.4. The van der Waals surface area contributed by atoms with Crippen LogP contribution < -0.4 is 30.7 Å². The van der Waals surface area contributed by atoms with Gasteiger partial charge in [0.15, 0.2) is 0 Å². The van der Waals surface area contributed by atoms with Gasteiger partial charge < -0.3 is 50.5 Å². The molecule has 2 saturated carbocycles. The number of ether oxygens (including phenoxy) is 1. The first kappa shape index (κ1) is 50.3. The maximum absolute atomic E-state index is 14.0. The number of nitrogens with zero attached hydrogens (tertiary/aromatic N) is 6. The van der Waals surface area contributed by atoms with E-state index < -0.39 is 41.7 Å². The molecular formula is C53H73N9O8. The zero-order valence-electron chi connectivity index (χ0n) is 40.9. The van der Waals surface area contributed by atoms with E-state index in [4.69, 9.17) is 14.7 Å². The fraction of sp³-hybridized carbons (Fsp3) is 0.604. The van der Waals surface area contributed by atoms with Crippen LogP contribution in [0.2, 0.25) is 0 Å². The maximum Gasteiger partial charge on any atom is 0.410 e. The summed E-state index contributed by atoms with van der Waals surface area (Å²) in [6, 6.07) is 17.0. The number of rotatable bonds is 17. The number of piperazine rings is 1. The van der Waals surface area contributed by atoms with Crippen molar-refractivity contribution in [1.29, 1.82) is 0 Å². The average molecular weight is 964 g/mol. The second-order valence-electron chi connectivity index (χ2n) is 20.1. The molecule has 0 radical (unpaired) electrons. The normalized spacial score (nSPS) is 21.3. The zero-order valence-corrected chi connectivity index (χ0v) is 40.9. The number of aliphatic carboxylic acids is 2. The van der Waals surface area contributed by atoms with Gasteiger partial charge in [0.2, 0.25) is 0 Å². The van der Waals surface area contributed by atoms with Crippen LogP contribution in [-0.2, 0) is 20.9 Å². The lowest BCUT2D eigenvalue weighted by Gasteiger charge is -2.42. The molecule has 3 aliphatic heterocycles. The van der Waals surface area contributed by atoms with Gasteiger partial charge in [-0.2, -0.15) is 0 Å². The first-order valence-corrected chi connectivity index (χ1v) is 26.1. The minimum Gasteiger partial charge on any atom is -0.481 e. The second-order valence-corrected chi connectivity index (χ2v) is 20.1. The van der Waals surface area contributed by atoms with Gasteiger partial charge in [0.1, 0.15) is 29.9 Å². The highest BCUT2D eigenvalue weighted by atomic mass is 16.6. The highest BCUT2D eigenvalue weighted by molar-refractivity contribution is 6.00. The summed E-state index contributed by atoms with van der Waals surface area (Å²) in [7, 11) is 0. The third kappa shape index (κ3) is 12.6. The molecule has 2 aliphatic carbocycles. The first-order valence-electron chi connectivity index (χ1n) is 26.1. The monoisotopic (exact) mass is 964 g/mol. The molecule has 4 atom stereocenters. The largest absolute Gasteiger partial charge is 0.481 e. The van der Waals surface area contributed by atoms with E-state index >= 15 is 0 Å². The molecule has 5 heterocycles. The topological polar surface area (TPSA) is 210 Å². The molecule has 1 aromatic carbocycles. The Morgan fingerprint density at radius 1 is 0.614 bits per heavy atom. The van der Waals surface area contributed by atoms with Crippen LogP contribution in [0.3, 0.4) is 0 Å². The molecular weight excluding hydrogens is 891 g/mol. The van der Waals surface area contributed by atoms with Gasteiger partial charge in [-0.15, -0.1) is 0 Å². The Labute approximate surface area is 412 Å². The molecule has 3 saturated heterocycles. The van der Waals surface area contributed by atoms with Crippen molar-refractivity contribution in [2.24, 2.45) is 23.7 Å². The quantitative estimate of drug-likeness (QED) is 0.0893. The van der Waals surface area contributed by atoms with E-state index in [1.165, 1.54) is 6.42 Å².